The summed E-state index contributed by atoms with van der Waals surface area (Å²) < 4.78 is 5.34. The quantitative estimate of drug-likeness (QED) is 0.427. The van der Waals surface area contributed by atoms with E-state index in [9.17, 15) is 4.79 Å². The van der Waals surface area contributed by atoms with Crippen molar-refractivity contribution in [1.29, 1.82) is 0 Å². The van der Waals surface area contributed by atoms with Gasteiger partial charge >= 0.3 is 6.09 Å². The highest BCUT2D eigenvalue weighted by molar-refractivity contribution is 5.67. The van der Waals surface area contributed by atoms with Gasteiger partial charge in [-0.2, -0.15) is 0 Å². The third kappa shape index (κ3) is 14.9. The Morgan fingerprint density at radius 3 is 1.74 bits per heavy atom. The predicted molar refractivity (Wildman–Crippen MR) is 115 cm³/mol. The van der Waals surface area contributed by atoms with Crippen molar-refractivity contribution in [2.45, 2.75) is 110 Å². The van der Waals surface area contributed by atoms with Gasteiger partial charge < -0.3 is 15.0 Å². The Bertz CT molecular complexity index is 315. The van der Waals surface area contributed by atoms with Gasteiger partial charge in [0.15, 0.2) is 0 Å². The van der Waals surface area contributed by atoms with Crippen molar-refractivity contribution in [1.82, 2.24) is 10.2 Å². The summed E-state index contributed by atoms with van der Waals surface area (Å²) in [7, 11) is 0. The van der Waals surface area contributed by atoms with Crippen LogP contribution in [0.15, 0.2) is 0 Å². The van der Waals surface area contributed by atoms with Crippen LogP contribution < -0.4 is 5.32 Å². The molecule has 2 saturated heterocycles. The van der Waals surface area contributed by atoms with Crippen molar-refractivity contribution >= 4 is 6.09 Å². The highest BCUT2D eigenvalue weighted by atomic mass is 16.6. The third-order valence-electron chi connectivity index (χ3n) is 5.54. The van der Waals surface area contributed by atoms with E-state index in [1.807, 2.05) is 4.90 Å². The molecule has 0 aromatic heterocycles. The van der Waals surface area contributed by atoms with Crippen molar-refractivity contribution in [3.8, 4) is 0 Å². The average molecular weight is 383 g/mol. The molecule has 2 rings (SSSR count). The Balaban J connectivity index is 0.000000511. The molecule has 160 valence electrons. The Morgan fingerprint density at radius 2 is 1.26 bits per heavy atom. The van der Waals surface area contributed by atoms with Crippen LogP contribution >= 0.6 is 0 Å². The molecule has 4 heteroatoms. The molecule has 0 aromatic rings. The lowest BCUT2D eigenvalue weighted by Gasteiger charge is -2.25. The summed E-state index contributed by atoms with van der Waals surface area (Å²) in [5, 5.41) is 3.28. The van der Waals surface area contributed by atoms with Gasteiger partial charge in [0.2, 0.25) is 0 Å². The van der Waals surface area contributed by atoms with Crippen LogP contribution in [0.25, 0.3) is 0 Å². The molecule has 0 radical (unpaired) electrons. The van der Waals surface area contributed by atoms with Crippen molar-refractivity contribution < 1.29 is 9.53 Å². The standard InChI is InChI=1S/C18H35NO2.C5H11N/c1-2-3-4-5-6-7-8-9-10-14-17-21-18(20)19-15-12-11-13-16-19;1-2-4-6-5-3-1/h2-17H2,1H3;6H,1-5H2. The summed E-state index contributed by atoms with van der Waals surface area (Å²) in [6.45, 7) is 7.14. The molecule has 2 heterocycles. The number of hydrogen-bond acceptors (Lipinski definition) is 3. The second-order valence-electron chi connectivity index (χ2n) is 8.15. The second kappa shape index (κ2) is 18.6. The molecular formula is C23H46N2O2. The molecule has 0 aromatic carbocycles. The number of ether oxygens (including phenoxy) is 1. The molecule has 4 nitrogen and oxygen atoms in total. The van der Waals surface area contributed by atoms with Crippen LogP contribution in [0.2, 0.25) is 0 Å². The zero-order chi connectivity index (χ0) is 19.4. The molecule has 2 aliphatic heterocycles. The van der Waals surface area contributed by atoms with Gasteiger partial charge in [0.25, 0.3) is 0 Å². The first-order valence-electron chi connectivity index (χ1n) is 12.0. The molecule has 2 fully saturated rings. The zero-order valence-electron chi connectivity index (χ0n) is 18.1. The summed E-state index contributed by atoms with van der Waals surface area (Å²) in [4.78, 5) is 13.6. The fourth-order valence-electron chi connectivity index (χ4n) is 3.72. The van der Waals surface area contributed by atoms with Crippen LogP contribution in [0.3, 0.4) is 0 Å². The predicted octanol–water partition coefficient (Wildman–Crippen LogP) is 6.29. The lowest BCUT2D eigenvalue weighted by atomic mass is 10.1. The van der Waals surface area contributed by atoms with E-state index in [2.05, 4.69) is 12.2 Å². The minimum atomic E-state index is -0.0920. The highest BCUT2D eigenvalue weighted by Crippen LogP contribution is 2.12. The van der Waals surface area contributed by atoms with E-state index in [0.717, 1.165) is 32.4 Å². The molecule has 1 N–H and O–H groups in total. The zero-order valence-corrected chi connectivity index (χ0v) is 18.1. The van der Waals surface area contributed by atoms with Crippen LogP contribution in [0.4, 0.5) is 4.79 Å². The third-order valence-corrected chi connectivity index (χ3v) is 5.54. The minimum absolute atomic E-state index is 0.0920. The van der Waals surface area contributed by atoms with E-state index in [1.165, 1.54) is 96.6 Å². The van der Waals surface area contributed by atoms with Gasteiger partial charge in [0, 0.05) is 13.1 Å². The second-order valence-corrected chi connectivity index (χ2v) is 8.15. The molecule has 1 amide bonds. The number of nitrogens with zero attached hydrogens (tertiary/aromatic N) is 1. The van der Waals surface area contributed by atoms with E-state index < -0.39 is 0 Å². The number of carbonyl (C=O) groups excluding carboxylic acids is 1. The summed E-state index contributed by atoms with van der Waals surface area (Å²) in [5.74, 6) is 0. The summed E-state index contributed by atoms with van der Waals surface area (Å²) >= 11 is 0. The van der Waals surface area contributed by atoms with E-state index in [0.29, 0.717) is 6.61 Å². The largest absolute Gasteiger partial charge is 0.449 e. The molecule has 27 heavy (non-hydrogen) atoms. The number of unbranched alkanes of at least 4 members (excludes halogenated alkanes) is 9. The van der Waals surface area contributed by atoms with Crippen LogP contribution in [0.1, 0.15) is 110 Å². The molecule has 0 aliphatic carbocycles. The van der Waals surface area contributed by atoms with Crippen LogP contribution in [0.5, 0.6) is 0 Å². The van der Waals surface area contributed by atoms with Crippen molar-refractivity contribution in [2.75, 3.05) is 32.8 Å². The number of amides is 1. The van der Waals surface area contributed by atoms with Gasteiger partial charge in [-0.1, -0.05) is 71.1 Å². The fraction of sp³-hybridized carbons (Fsp3) is 0.957. The van der Waals surface area contributed by atoms with Gasteiger partial charge in [0.1, 0.15) is 0 Å². The normalized spacial score (nSPS) is 17.1. The van der Waals surface area contributed by atoms with E-state index in [4.69, 9.17) is 4.74 Å². The SMILES string of the molecule is C1CCNCC1.CCCCCCCCCCCCOC(=O)N1CCCCC1. The number of hydrogen-bond donors (Lipinski definition) is 1. The molecule has 0 bridgehead atoms. The first-order chi connectivity index (χ1) is 13.3. The van der Waals surface area contributed by atoms with E-state index >= 15 is 0 Å². The van der Waals surface area contributed by atoms with E-state index in [1.54, 1.807) is 0 Å². The molecule has 0 spiro atoms. The first-order valence-corrected chi connectivity index (χ1v) is 12.0. The van der Waals surface area contributed by atoms with Crippen molar-refractivity contribution in [2.24, 2.45) is 0 Å². The maximum Gasteiger partial charge on any atom is 0.409 e. The average Bonchev–Trinajstić information content (AvgIpc) is 2.74. The summed E-state index contributed by atoms with van der Waals surface area (Å²) in [6, 6.07) is 0. The van der Waals surface area contributed by atoms with Gasteiger partial charge in [0.05, 0.1) is 6.61 Å². The Kier molecular flexibility index (Phi) is 16.7. The Hall–Kier alpha value is -0.770. The fourth-order valence-corrected chi connectivity index (χ4v) is 3.72. The highest BCUT2D eigenvalue weighted by Gasteiger charge is 2.16. The number of carbonyl (C=O) groups is 1. The lowest BCUT2D eigenvalue weighted by Crippen LogP contribution is -2.36. The van der Waals surface area contributed by atoms with Crippen molar-refractivity contribution in [3.63, 3.8) is 0 Å². The van der Waals surface area contributed by atoms with Gasteiger partial charge in [-0.3, -0.25) is 0 Å². The van der Waals surface area contributed by atoms with Gasteiger partial charge in [-0.25, -0.2) is 4.79 Å². The number of piperidine rings is 2. The van der Waals surface area contributed by atoms with Gasteiger partial charge in [-0.15, -0.1) is 0 Å². The molecule has 0 saturated carbocycles. The topological polar surface area (TPSA) is 41.6 Å². The monoisotopic (exact) mass is 382 g/mol. The first kappa shape index (κ1) is 24.3. The van der Waals surface area contributed by atoms with Crippen LogP contribution in [-0.2, 0) is 4.74 Å². The molecule has 2 aliphatic rings. The molecular weight excluding hydrogens is 336 g/mol. The maximum atomic E-state index is 11.8. The number of rotatable bonds is 11. The number of nitrogens with one attached hydrogen (secondary N) is 1. The minimum Gasteiger partial charge on any atom is -0.449 e. The summed E-state index contributed by atoms with van der Waals surface area (Å²) in [5.41, 5.74) is 0. The molecule has 0 atom stereocenters. The van der Waals surface area contributed by atoms with Crippen LogP contribution in [0, 0.1) is 0 Å². The summed E-state index contributed by atoms with van der Waals surface area (Å²) in [6.07, 6.45) is 20.8. The lowest BCUT2D eigenvalue weighted by molar-refractivity contribution is 0.0936. The Morgan fingerprint density at radius 1 is 0.741 bits per heavy atom. The molecule has 0 unspecified atom stereocenters. The van der Waals surface area contributed by atoms with Gasteiger partial charge in [-0.05, 0) is 51.6 Å². The number of likely N-dealkylation sites (tertiary alicyclic amines) is 1. The van der Waals surface area contributed by atoms with E-state index in [-0.39, 0.29) is 6.09 Å². The smallest absolute Gasteiger partial charge is 0.409 e. The Labute approximate surface area is 168 Å². The maximum absolute atomic E-state index is 11.8. The van der Waals surface area contributed by atoms with Crippen molar-refractivity contribution in [3.05, 3.63) is 0 Å². The van der Waals surface area contributed by atoms with Crippen LogP contribution in [-0.4, -0.2) is 43.8 Å².